The topological polar surface area (TPSA) is 89.9 Å². The summed E-state index contributed by atoms with van der Waals surface area (Å²) in [6, 6.07) is 5.00. The van der Waals surface area contributed by atoms with E-state index in [2.05, 4.69) is 15.5 Å². The summed E-state index contributed by atoms with van der Waals surface area (Å²) in [5.74, 6) is 0.118. The molecule has 0 fully saturated rings. The Kier molecular flexibility index (Phi) is 3.46. The van der Waals surface area contributed by atoms with Gasteiger partial charge in [0.2, 0.25) is 5.95 Å². The van der Waals surface area contributed by atoms with Crippen LogP contribution in [0, 0.1) is 0 Å². The van der Waals surface area contributed by atoms with Crippen molar-refractivity contribution in [1.29, 1.82) is 0 Å². The van der Waals surface area contributed by atoms with Gasteiger partial charge in [-0.1, -0.05) is 34.4 Å². The van der Waals surface area contributed by atoms with Crippen LogP contribution in [-0.4, -0.2) is 25.3 Å². The van der Waals surface area contributed by atoms with E-state index in [1.165, 1.54) is 4.68 Å². The lowest BCUT2D eigenvalue weighted by molar-refractivity contribution is 0.151. The molecule has 2 aromatic rings. The molecule has 0 aliphatic carbocycles. The average Bonchev–Trinajstić information content (AvgIpc) is 2.64. The quantitative estimate of drug-likeness (QED) is 0.880. The van der Waals surface area contributed by atoms with Gasteiger partial charge >= 0.3 is 0 Å². The predicted molar refractivity (Wildman–Crippen MR) is 63.7 cm³/mol. The second kappa shape index (κ2) is 4.87. The van der Waals surface area contributed by atoms with E-state index in [1.54, 1.807) is 18.2 Å². The zero-order chi connectivity index (χ0) is 12.4. The maximum atomic E-state index is 10.0. The summed E-state index contributed by atoms with van der Waals surface area (Å²) in [7, 11) is 0. The largest absolute Gasteiger partial charge is 0.386 e. The molecule has 3 N–H and O–H groups in total. The monoisotopic (exact) mass is 273 g/mol. The first-order chi connectivity index (χ1) is 8.09. The molecule has 0 unspecified atom stereocenters. The van der Waals surface area contributed by atoms with Gasteiger partial charge in [0.1, 0.15) is 6.10 Å². The number of rotatable bonds is 3. The molecule has 1 aromatic heterocycles. The van der Waals surface area contributed by atoms with E-state index in [1.807, 2.05) is 0 Å². The molecule has 1 atom stereocenters. The minimum Gasteiger partial charge on any atom is -0.386 e. The van der Waals surface area contributed by atoms with Gasteiger partial charge in [-0.15, -0.1) is 0 Å². The maximum Gasteiger partial charge on any atom is 0.240 e. The van der Waals surface area contributed by atoms with Crippen molar-refractivity contribution < 1.29 is 5.11 Å². The summed E-state index contributed by atoms with van der Waals surface area (Å²) in [6.45, 7) is 0.0856. The van der Waals surface area contributed by atoms with E-state index in [-0.39, 0.29) is 12.5 Å². The number of nitrogens with two attached hydrogens (primary N) is 1. The molecule has 1 aromatic carbocycles. The van der Waals surface area contributed by atoms with Crippen LogP contribution in [0.4, 0.5) is 5.95 Å². The number of benzene rings is 1. The normalized spacial score (nSPS) is 12.6. The summed E-state index contributed by atoms with van der Waals surface area (Å²) in [4.78, 5) is 0. The Labute approximate surface area is 107 Å². The highest BCUT2D eigenvalue weighted by Crippen LogP contribution is 2.31. The fourth-order valence-corrected chi connectivity index (χ4v) is 2.08. The summed E-state index contributed by atoms with van der Waals surface area (Å²) in [5, 5.41) is 21.3. The Morgan fingerprint density at radius 3 is 2.53 bits per heavy atom. The van der Waals surface area contributed by atoms with Gasteiger partial charge in [0.15, 0.2) is 0 Å². The van der Waals surface area contributed by atoms with Crippen LogP contribution in [0.25, 0.3) is 0 Å². The molecule has 8 heteroatoms. The van der Waals surface area contributed by atoms with Crippen molar-refractivity contribution >= 4 is 29.2 Å². The molecular weight excluding hydrogens is 265 g/mol. The molecule has 0 bridgehead atoms. The number of tetrazole rings is 1. The first-order valence-electron chi connectivity index (χ1n) is 4.73. The second-order valence-electron chi connectivity index (χ2n) is 3.37. The SMILES string of the molecule is Nc1nnnn1C[C@@H](O)c1c(Cl)cccc1Cl. The first-order valence-corrected chi connectivity index (χ1v) is 5.49. The van der Waals surface area contributed by atoms with Crippen molar-refractivity contribution in [2.24, 2.45) is 0 Å². The second-order valence-corrected chi connectivity index (χ2v) is 4.18. The third-order valence-corrected chi connectivity index (χ3v) is 2.90. The van der Waals surface area contributed by atoms with Gasteiger partial charge in [-0.25, -0.2) is 4.68 Å². The van der Waals surface area contributed by atoms with Crippen molar-refractivity contribution in [3.05, 3.63) is 33.8 Å². The molecule has 90 valence electrons. The van der Waals surface area contributed by atoms with Crippen molar-refractivity contribution in [1.82, 2.24) is 20.2 Å². The third-order valence-electron chi connectivity index (χ3n) is 2.24. The molecule has 2 rings (SSSR count). The van der Waals surface area contributed by atoms with E-state index in [0.29, 0.717) is 15.6 Å². The first kappa shape index (κ1) is 12.1. The number of aliphatic hydroxyl groups is 1. The molecule has 0 amide bonds. The van der Waals surface area contributed by atoms with Gasteiger partial charge in [0.25, 0.3) is 0 Å². The Morgan fingerprint density at radius 2 is 2.00 bits per heavy atom. The van der Waals surface area contributed by atoms with E-state index in [4.69, 9.17) is 28.9 Å². The summed E-state index contributed by atoms with van der Waals surface area (Å²) < 4.78 is 1.27. The number of aromatic nitrogens is 4. The van der Waals surface area contributed by atoms with Gasteiger partial charge in [-0.05, 0) is 22.6 Å². The van der Waals surface area contributed by atoms with Crippen LogP contribution in [0.3, 0.4) is 0 Å². The minimum absolute atomic E-state index is 0.0856. The van der Waals surface area contributed by atoms with Gasteiger partial charge in [0, 0.05) is 15.6 Å². The number of hydrogen-bond acceptors (Lipinski definition) is 5. The maximum absolute atomic E-state index is 10.0. The number of aliphatic hydroxyl groups excluding tert-OH is 1. The molecule has 0 saturated heterocycles. The van der Waals surface area contributed by atoms with Crippen LogP contribution < -0.4 is 5.73 Å². The smallest absolute Gasteiger partial charge is 0.240 e. The highest BCUT2D eigenvalue weighted by Gasteiger charge is 2.17. The number of nitrogen functional groups attached to an aromatic ring is 1. The van der Waals surface area contributed by atoms with Crippen molar-refractivity contribution in [2.45, 2.75) is 12.6 Å². The fraction of sp³-hybridized carbons (Fsp3) is 0.222. The van der Waals surface area contributed by atoms with Crippen molar-refractivity contribution in [3.63, 3.8) is 0 Å². The summed E-state index contributed by atoms with van der Waals surface area (Å²) in [6.07, 6.45) is -0.929. The number of halogens is 2. The van der Waals surface area contributed by atoms with Crippen molar-refractivity contribution in [2.75, 3.05) is 5.73 Å². The summed E-state index contributed by atoms with van der Waals surface area (Å²) >= 11 is 11.9. The zero-order valence-electron chi connectivity index (χ0n) is 8.59. The van der Waals surface area contributed by atoms with Crippen LogP contribution in [0.15, 0.2) is 18.2 Å². The number of hydrogen-bond donors (Lipinski definition) is 2. The highest BCUT2D eigenvalue weighted by molar-refractivity contribution is 6.36. The Morgan fingerprint density at radius 1 is 1.35 bits per heavy atom. The van der Waals surface area contributed by atoms with Crippen LogP contribution in [0.2, 0.25) is 10.0 Å². The molecule has 6 nitrogen and oxygen atoms in total. The predicted octanol–water partition coefficient (Wildman–Crippen LogP) is 1.30. The fourth-order valence-electron chi connectivity index (χ4n) is 1.43. The minimum atomic E-state index is -0.929. The third kappa shape index (κ3) is 2.49. The Balaban J connectivity index is 2.26. The number of anilines is 1. The van der Waals surface area contributed by atoms with Crippen LogP contribution >= 0.6 is 23.2 Å². The lowest BCUT2D eigenvalue weighted by Crippen LogP contribution is -2.13. The standard InChI is InChI=1S/C9H9Cl2N5O/c10-5-2-1-3-6(11)8(5)7(17)4-16-9(12)13-14-15-16/h1-3,7,17H,4H2,(H2,12,13,15)/t7-/m1/s1. The van der Waals surface area contributed by atoms with Gasteiger partial charge < -0.3 is 10.8 Å². The lowest BCUT2D eigenvalue weighted by atomic mass is 10.1. The average molecular weight is 274 g/mol. The molecular formula is C9H9Cl2N5O. The van der Waals surface area contributed by atoms with E-state index in [9.17, 15) is 5.11 Å². The van der Waals surface area contributed by atoms with Gasteiger partial charge in [-0.3, -0.25) is 0 Å². The molecule has 0 spiro atoms. The van der Waals surface area contributed by atoms with E-state index in [0.717, 1.165) is 0 Å². The van der Waals surface area contributed by atoms with Crippen LogP contribution in [0.1, 0.15) is 11.7 Å². The van der Waals surface area contributed by atoms with Crippen molar-refractivity contribution in [3.8, 4) is 0 Å². The molecule has 0 aliphatic rings. The zero-order valence-corrected chi connectivity index (χ0v) is 10.1. The molecule has 0 radical (unpaired) electrons. The molecule has 0 aliphatic heterocycles. The Bertz CT molecular complexity index is 510. The highest BCUT2D eigenvalue weighted by atomic mass is 35.5. The van der Waals surface area contributed by atoms with E-state index < -0.39 is 6.10 Å². The van der Waals surface area contributed by atoms with Gasteiger partial charge in [0.05, 0.1) is 6.54 Å². The van der Waals surface area contributed by atoms with Crippen LogP contribution in [-0.2, 0) is 6.54 Å². The number of nitrogens with zero attached hydrogens (tertiary/aromatic N) is 4. The Hall–Kier alpha value is -1.37. The summed E-state index contributed by atoms with van der Waals surface area (Å²) in [5.41, 5.74) is 5.93. The molecule has 0 saturated carbocycles. The lowest BCUT2D eigenvalue weighted by Gasteiger charge is -2.14. The van der Waals surface area contributed by atoms with Crippen LogP contribution in [0.5, 0.6) is 0 Å². The molecule has 1 heterocycles. The van der Waals surface area contributed by atoms with E-state index >= 15 is 0 Å². The molecule has 17 heavy (non-hydrogen) atoms. The van der Waals surface area contributed by atoms with Gasteiger partial charge in [-0.2, -0.15) is 0 Å².